The Kier molecular flexibility index (Phi) is 46.0. The van der Waals surface area contributed by atoms with Crippen LogP contribution in [0.5, 0.6) is 0 Å². The molecule has 0 aromatic carbocycles. The number of esters is 1. The highest BCUT2D eigenvalue weighted by molar-refractivity contribution is 5.82. The summed E-state index contributed by atoms with van der Waals surface area (Å²) in [6.45, 7) is 22.3. The molecule has 7 heteroatoms. The maximum Gasteiger partial charge on any atom is 0.306 e. The number of rotatable bonds is 53. The van der Waals surface area contributed by atoms with E-state index in [2.05, 4.69) is 84.2 Å². The number of carbonyl (C=O) groups excluding carboxylic acids is 3. The second-order valence-electron chi connectivity index (χ2n) is 23.8. The minimum Gasteiger partial charge on any atom is -0.462 e. The maximum atomic E-state index is 14.2. The van der Waals surface area contributed by atoms with Crippen LogP contribution < -0.4 is 0 Å². The molecule has 0 saturated carbocycles. The first kappa shape index (κ1) is 68.4. The molecule has 0 bridgehead atoms. The van der Waals surface area contributed by atoms with Crippen LogP contribution in [0.3, 0.4) is 0 Å². The number of hydrogen-bond acceptors (Lipinski definition) is 5. The molecule has 0 rings (SSSR count). The van der Waals surface area contributed by atoms with Gasteiger partial charge >= 0.3 is 5.97 Å². The lowest BCUT2D eigenvalue weighted by atomic mass is 9.84. The number of unbranched alkanes of at least 4 members (excludes halogenated alkanes) is 30. The van der Waals surface area contributed by atoms with Crippen LogP contribution in [0, 0.1) is 10.8 Å². The summed E-state index contributed by atoms with van der Waals surface area (Å²) < 4.78 is 6.19. The van der Waals surface area contributed by atoms with Crippen molar-refractivity contribution >= 4 is 17.8 Å². The van der Waals surface area contributed by atoms with Gasteiger partial charge in [-0.25, -0.2) is 0 Å². The van der Waals surface area contributed by atoms with Gasteiger partial charge in [0.15, 0.2) is 0 Å². The van der Waals surface area contributed by atoms with Crippen molar-refractivity contribution in [3.63, 3.8) is 0 Å². The lowest BCUT2D eigenvalue weighted by Crippen LogP contribution is -2.42. The molecule has 0 atom stereocenters. The summed E-state index contributed by atoms with van der Waals surface area (Å²) in [5, 5.41) is 0. The van der Waals surface area contributed by atoms with Crippen molar-refractivity contribution in [2.45, 2.75) is 331 Å². The van der Waals surface area contributed by atoms with Gasteiger partial charge in [0.1, 0.15) is 6.10 Å². The first-order valence-electron chi connectivity index (χ1n) is 31.2. The highest BCUT2D eigenvalue weighted by Crippen LogP contribution is 2.30. The highest BCUT2D eigenvalue weighted by Gasteiger charge is 2.32. The Bertz CT molecular complexity index is 1110. The molecule has 0 aliphatic heterocycles. The van der Waals surface area contributed by atoms with Gasteiger partial charge in [-0.1, -0.05) is 248 Å². The van der Waals surface area contributed by atoms with E-state index in [0.717, 1.165) is 129 Å². The lowest BCUT2D eigenvalue weighted by molar-refractivity contribution is -0.150. The summed E-state index contributed by atoms with van der Waals surface area (Å²) in [6.07, 6.45) is 49.3. The lowest BCUT2D eigenvalue weighted by Gasteiger charge is -2.32. The van der Waals surface area contributed by atoms with Gasteiger partial charge in [-0.2, -0.15) is 0 Å². The minimum atomic E-state index is -0.368. The van der Waals surface area contributed by atoms with Gasteiger partial charge in [-0.3, -0.25) is 14.4 Å². The zero-order valence-electron chi connectivity index (χ0n) is 49.3. The van der Waals surface area contributed by atoms with Crippen molar-refractivity contribution in [3.8, 4) is 0 Å². The Balaban J connectivity index is 5.32. The smallest absolute Gasteiger partial charge is 0.306 e. The van der Waals surface area contributed by atoms with Crippen molar-refractivity contribution in [2.24, 2.45) is 10.8 Å². The molecule has 0 aromatic rings. The van der Waals surface area contributed by atoms with E-state index in [9.17, 15) is 14.4 Å². The average molecular weight is 989 g/mol. The first-order valence-corrected chi connectivity index (χ1v) is 31.2. The van der Waals surface area contributed by atoms with Crippen LogP contribution in [0.25, 0.3) is 0 Å². The van der Waals surface area contributed by atoms with Crippen LogP contribution in [0.1, 0.15) is 325 Å². The Morgan fingerprint density at radius 3 is 0.914 bits per heavy atom. The van der Waals surface area contributed by atoms with E-state index in [1.54, 1.807) is 0 Å². The van der Waals surface area contributed by atoms with Crippen molar-refractivity contribution in [2.75, 3.05) is 46.8 Å². The van der Waals surface area contributed by atoms with Gasteiger partial charge in [0.05, 0.1) is 0 Å². The number of ether oxygens (including phenoxy) is 1. The minimum absolute atomic E-state index is 0.0654. The van der Waals surface area contributed by atoms with Crippen LogP contribution in [0.15, 0.2) is 0 Å². The molecular weight excluding hydrogens is 863 g/mol. The quantitative estimate of drug-likeness (QED) is 0.0449. The molecule has 0 saturated heterocycles. The molecule has 416 valence electrons. The van der Waals surface area contributed by atoms with Crippen molar-refractivity contribution < 1.29 is 19.1 Å². The van der Waals surface area contributed by atoms with Gasteiger partial charge in [0.2, 0.25) is 11.8 Å². The summed E-state index contributed by atoms with van der Waals surface area (Å²) >= 11 is 0. The predicted octanol–water partition coefficient (Wildman–Crippen LogP) is 18.6. The van der Waals surface area contributed by atoms with Gasteiger partial charge in [-0.05, 0) is 91.3 Å². The fourth-order valence-corrected chi connectivity index (χ4v) is 10.4. The molecule has 0 spiro atoms. The van der Waals surface area contributed by atoms with Crippen molar-refractivity contribution in [3.05, 3.63) is 0 Å². The van der Waals surface area contributed by atoms with Crippen molar-refractivity contribution in [1.82, 2.24) is 14.7 Å². The third-order valence-corrected chi connectivity index (χ3v) is 15.3. The summed E-state index contributed by atoms with van der Waals surface area (Å²) in [5.41, 5.74) is -0.736. The van der Waals surface area contributed by atoms with E-state index in [4.69, 9.17) is 4.74 Å². The molecule has 0 radical (unpaired) electrons. The second-order valence-corrected chi connectivity index (χ2v) is 23.8. The van der Waals surface area contributed by atoms with E-state index in [0.29, 0.717) is 18.2 Å². The molecule has 0 aromatic heterocycles. The Hall–Kier alpha value is -1.63. The van der Waals surface area contributed by atoms with Gasteiger partial charge < -0.3 is 19.4 Å². The monoisotopic (exact) mass is 988 g/mol. The standard InChI is InChI=1S/C63H125N3O4/c1-11-15-19-23-27-31-35-45-56-65(54-43-33-29-25-21-17-13-3)60(68)62(5,6)51-41-37-39-48-58(70-59(67)50-47-53-64(9)10)49-40-38-42-52-63(7,8)61(69)66(55-44-34-30-26-22-18-14-4)57-46-36-32-28-24-20-16-12-2/h58H,11-57H2,1-10H3. The largest absolute Gasteiger partial charge is 0.462 e. The zero-order valence-corrected chi connectivity index (χ0v) is 49.3. The zero-order chi connectivity index (χ0) is 52.0. The predicted molar refractivity (Wildman–Crippen MR) is 306 cm³/mol. The molecule has 0 heterocycles. The first-order chi connectivity index (χ1) is 33.7. The number of amides is 2. The van der Waals surface area contributed by atoms with E-state index in [1.165, 1.54) is 167 Å². The third-order valence-electron chi connectivity index (χ3n) is 15.3. The average Bonchev–Trinajstić information content (AvgIpc) is 3.32. The van der Waals surface area contributed by atoms with Gasteiger partial charge in [0.25, 0.3) is 0 Å². The molecule has 0 unspecified atom stereocenters. The SMILES string of the molecule is CCCCCCCCCCN(CCCCCCCCC)C(=O)C(C)(C)CCCCCC(CCCCCC(C)(C)C(=O)N(CCCCCCCCC)CCCCCCCCCC)OC(=O)CCCN(C)C. The van der Waals surface area contributed by atoms with Gasteiger partial charge in [-0.15, -0.1) is 0 Å². The maximum absolute atomic E-state index is 14.2. The number of hydrogen-bond donors (Lipinski definition) is 0. The van der Waals surface area contributed by atoms with Crippen molar-refractivity contribution in [1.29, 1.82) is 0 Å². The van der Waals surface area contributed by atoms with E-state index in [-0.39, 0.29) is 22.9 Å². The molecular formula is C63H125N3O4. The normalized spacial score (nSPS) is 12.1. The third kappa shape index (κ3) is 39.8. The van der Waals surface area contributed by atoms with Crippen LogP contribution in [0.4, 0.5) is 0 Å². The molecule has 0 aliphatic rings. The Labute approximate surface area is 438 Å². The summed E-state index contributed by atoms with van der Waals surface area (Å²) in [5.74, 6) is 0.626. The Morgan fingerprint density at radius 2 is 0.629 bits per heavy atom. The fourth-order valence-electron chi connectivity index (χ4n) is 10.4. The van der Waals surface area contributed by atoms with Gasteiger partial charge in [0, 0.05) is 43.4 Å². The molecule has 2 amide bonds. The molecule has 70 heavy (non-hydrogen) atoms. The van der Waals surface area contributed by atoms with E-state index < -0.39 is 0 Å². The number of carbonyl (C=O) groups is 3. The highest BCUT2D eigenvalue weighted by atomic mass is 16.5. The molecule has 0 N–H and O–H groups in total. The van der Waals surface area contributed by atoms with Crippen LogP contribution in [0.2, 0.25) is 0 Å². The summed E-state index contributed by atoms with van der Waals surface area (Å²) in [7, 11) is 4.10. The molecule has 0 aliphatic carbocycles. The van der Waals surface area contributed by atoms with Crippen LogP contribution >= 0.6 is 0 Å². The Morgan fingerprint density at radius 1 is 0.357 bits per heavy atom. The fraction of sp³-hybridized carbons (Fsp3) is 0.952. The second kappa shape index (κ2) is 47.1. The molecule has 7 nitrogen and oxygen atoms in total. The number of nitrogens with zero attached hydrogens (tertiary/aromatic N) is 3. The summed E-state index contributed by atoms with van der Waals surface area (Å²) in [6, 6.07) is 0. The molecule has 0 fully saturated rings. The van der Waals surface area contributed by atoms with Crippen LogP contribution in [-0.4, -0.2) is 85.4 Å². The van der Waals surface area contributed by atoms with E-state index >= 15 is 0 Å². The summed E-state index contributed by atoms with van der Waals surface area (Å²) in [4.78, 5) is 48.0. The van der Waals surface area contributed by atoms with Crippen LogP contribution in [-0.2, 0) is 19.1 Å². The van der Waals surface area contributed by atoms with E-state index in [1.807, 2.05) is 0 Å². The topological polar surface area (TPSA) is 70.2 Å².